The molecule has 1 heterocycles. The molecule has 1 aromatic carbocycles. The predicted molar refractivity (Wildman–Crippen MR) is 84.2 cm³/mol. The SMILES string of the molecule is CCc1cc(COc2ccc(CCl)cc2OC)n(CC)n1. The largest absolute Gasteiger partial charge is 0.493 e. The molecule has 0 spiro atoms. The molecule has 5 heteroatoms. The number of benzene rings is 1. The molecule has 0 bridgehead atoms. The van der Waals surface area contributed by atoms with Gasteiger partial charge in [-0.2, -0.15) is 5.10 Å². The van der Waals surface area contributed by atoms with Crippen molar-refractivity contribution in [2.45, 2.75) is 39.3 Å². The summed E-state index contributed by atoms with van der Waals surface area (Å²) >= 11 is 5.83. The maximum atomic E-state index is 5.88. The smallest absolute Gasteiger partial charge is 0.161 e. The van der Waals surface area contributed by atoms with Crippen molar-refractivity contribution >= 4 is 11.6 Å². The zero-order valence-electron chi connectivity index (χ0n) is 12.7. The van der Waals surface area contributed by atoms with Gasteiger partial charge >= 0.3 is 0 Å². The quantitative estimate of drug-likeness (QED) is 0.730. The molecule has 0 aliphatic carbocycles. The molecular weight excluding hydrogens is 288 g/mol. The first kappa shape index (κ1) is 15.7. The van der Waals surface area contributed by atoms with Crippen molar-refractivity contribution in [2.24, 2.45) is 0 Å². The molecular formula is C16H21ClN2O2. The van der Waals surface area contributed by atoms with E-state index >= 15 is 0 Å². The summed E-state index contributed by atoms with van der Waals surface area (Å²) in [6, 6.07) is 7.82. The minimum absolute atomic E-state index is 0.457. The van der Waals surface area contributed by atoms with Crippen molar-refractivity contribution in [2.75, 3.05) is 7.11 Å². The second kappa shape index (κ2) is 7.36. The van der Waals surface area contributed by atoms with Crippen molar-refractivity contribution in [3.05, 3.63) is 41.2 Å². The van der Waals surface area contributed by atoms with Gasteiger partial charge in [0.15, 0.2) is 11.5 Å². The molecule has 0 unspecified atom stereocenters. The average molecular weight is 309 g/mol. The molecule has 0 saturated carbocycles. The van der Waals surface area contributed by atoms with Gasteiger partial charge in [0.05, 0.1) is 18.5 Å². The molecule has 4 nitrogen and oxygen atoms in total. The highest BCUT2D eigenvalue weighted by molar-refractivity contribution is 6.17. The van der Waals surface area contributed by atoms with Gasteiger partial charge in [-0.15, -0.1) is 11.6 Å². The van der Waals surface area contributed by atoms with Gasteiger partial charge in [0.25, 0.3) is 0 Å². The Balaban J connectivity index is 2.14. The fraction of sp³-hybridized carbons (Fsp3) is 0.438. The van der Waals surface area contributed by atoms with Crippen molar-refractivity contribution in [1.29, 1.82) is 0 Å². The molecule has 2 aromatic rings. The average Bonchev–Trinajstić information content (AvgIpc) is 2.95. The van der Waals surface area contributed by atoms with Crippen LogP contribution in [0.25, 0.3) is 0 Å². The van der Waals surface area contributed by atoms with Crippen molar-refractivity contribution < 1.29 is 9.47 Å². The first-order valence-corrected chi connectivity index (χ1v) is 7.66. The monoisotopic (exact) mass is 308 g/mol. The van der Waals surface area contributed by atoms with Crippen LogP contribution < -0.4 is 9.47 Å². The molecule has 114 valence electrons. The predicted octanol–water partition coefficient (Wildman–Crippen LogP) is 3.79. The van der Waals surface area contributed by atoms with Crippen LogP contribution in [0.4, 0.5) is 0 Å². The van der Waals surface area contributed by atoms with Gasteiger partial charge in [-0.25, -0.2) is 0 Å². The van der Waals surface area contributed by atoms with E-state index in [1.54, 1.807) is 7.11 Å². The highest BCUT2D eigenvalue weighted by Crippen LogP contribution is 2.29. The molecule has 0 amide bonds. The molecule has 0 atom stereocenters. The number of aryl methyl sites for hydroxylation is 2. The van der Waals surface area contributed by atoms with Crippen LogP contribution in [0.1, 0.15) is 30.8 Å². The van der Waals surface area contributed by atoms with Crippen LogP contribution in [0.3, 0.4) is 0 Å². The number of ether oxygens (including phenoxy) is 2. The molecule has 1 aromatic heterocycles. The molecule has 0 saturated heterocycles. The van der Waals surface area contributed by atoms with Gasteiger partial charge in [-0.05, 0) is 37.1 Å². The number of methoxy groups -OCH3 is 1. The van der Waals surface area contributed by atoms with Crippen LogP contribution in [0.15, 0.2) is 24.3 Å². The Hall–Kier alpha value is -1.68. The van der Waals surface area contributed by atoms with Crippen LogP contribution in [0.5, 0.6) is 11.5 Å². The lowest BCUT2D eigenvalue weighted by molar-refractivity contribution is 0.274. The Morgan fingerprint density at radius 1 is 1.19 bits per heavy atom. The summed E-state index contributed by atoms with van der Waals surface area (Å²) in [4.78, 5) is 0. The molecule has 0 N–H and O–H groups in total. The van der Waals surface area contributed by atoms with Gasteiger partial charge in [-0.1, -0.05) is 13.0 Å². The van der Waals surface area contributed by atoms with Gasteiger partial charge in [0.1, 0.15) is 6.61 Å². The molecule has 0 aliphatic rings. The van der Waals surface area contributed by atoms with E-state index in [1.165, 1.54) is 0 Å². The third-order valence-electron chi connectivity index (χ3n) is 3.33. The van der Waals surface area contributed by atoms with Crippen molar-refractivity contribution in [1.82, 2.24) is 9.78 Å². The van der Waals surface area contributed by atoms with Gasteiger partial charge in [0, 0.05) is 12.4 Å². The summed E-state index contributed by atoms with van der Waals surface area (Å²) in [5, 5.41) is 4.52. The van der Waals surface area contributed by atoms with Crippen molar-refractivity contribution in [3.8, 4) is 11.5 Å². The van der Waals surface area contributed by atoms with Gasteiger partial charge in [0.2, 0.25) is 0 Å². The minimum atomic E-state index is 0.457. The van der Waals surface area contributed by atoms with E-state index in [1.807, 2.05) is 22.9 Å². The molecule has 0 radical (unpaired) electrons. The lowest BCUT2D eigenvalue weighted by Gasteiger charge is -2.12. The number of halogens is 1. The van der Waals surface area contributed by atoms with E-state index in [0.717, 1.165) is 29.9 Å². The lowest BCUT2D eigenvalue weighted by Crippen LogP contribution is -2.06. The normalized spacial score (nSPS) is 10.7. The third-order valence-corrected chi connectivity index (χ3v) is 3.64. The summed E-state index contributed by atoms with van der Waals surface area (Å²) in [7, 11) is 1.63. The number of hydrogen-bond donors (Lipinski definition) is 0. The molecule has 21 heavy (non-hydrogen) atoms. The second-order valence-corrected chi connectivity index (χ2v) is 4.97. The third kappa shape index (κ3) is 3.70. The van der Waals surface area contributed by atoms with Crippen molar-refractivity contribution in [3.63, 3.8) is 0 Å². The summed E-state index contributed by atoms with van der Waals surface area (Å²) in [5.74, 6) is 1.87. The molecule has 0 aliphatic heterocycles. The maximum absolute atomic E-state index is 5.88. The van der Waals surface area contributed by atoms with E-state index < -0.39 is 0 Å². The Kier molecular flexibility index (Phi) is 5.51. The molecule has 2 rings (SSSR count). The zero-order chi connectivity index (χ0) is 15.2. The second-order valence-electron chi connectivity index (χ2n) is 4.70. The van der Waals surface area contributed by atoms with E-state index in [2.05, 4.69) is 25.0 Å². The standard InChI is InChI=1S/C16H21ClN2O2/c1-4-13-9-14(19(5-2)18-13)11-21-15-7-6-12(10-17)8-16(15)20-3/h6-9H,4-5,10-11H2,1-3H3. The summed E-state index contributed by atoms with van der Waals surface area (Å²) in [6.07, 6.45) is 0.924. The van der Waals surface area contributed by atoms with E-state index in [-0.39, 0.29) is 0 Å². The Labute approximate surface area is 130 Å². The van der Waals surface area contributed by atoms with Crippen LogP contribution in [-0.2, 0) is 25.5 Å². The van der Waals surface area contributed by atoms with Crippen LogP contribution in [-0.4, -0.2) is 16.9 Å². The highest BCUT2D eigenvalue weighted by Gasteiger charge is 2.09. The number of alkyl halides is 1. The number of nitrogens with zero attached hydrogens (tertiary/aromatic N) is 2. The zero-order valence-corrected chi connectivity index (χ0v) is 13.5. The first-order valence-electron chi connectivity index (χ1n) is 7.13. The topological polar surface area (TPSA) is 36.3 Å². The van der Waals surface area contributed by atoms with Gasteiger partial charge < -0.3 is 9.47 Å². The summed E-state index contributed by atoms with van der Waals surface area (Å²) < 4.78 is 13.2. The Bertz CT molecular complexity index is 596. The number of aromatic nitrogens is 2. The fourth-order valence-corrected chi connectivity index (χ4v) is 2.31. The highest BCUT2D eigenvalue weighted by atomic mass is 35.5. The first-order chi connectivity index (χ1) is 10.2. The summed E-state index contributed by atoms with van der Waals surface area (Å²) in [5.41, 5.74) is 3.16. The lowest BCUT2D eigenvalue weighted by atomic mass is 10.2. The minimum Gasteiger partial charge on any atom is -0.493 e. The fourth-order valence-electron chi connectivity index (χ4n) is 2.14. The van der Waals surface area contributed by atoms with Crippen LogP contribution in [0.2, 0.25) is 0 Å². The Morgan fingerprint density at radius 3 is 2.62 bits per heavy atom. The van der Waals surface area contributed by atoms with E-state index in [0.29, 0.717) is 24.0 Å². The summed E-state index contributed by atoms with van der Waals surface area (Å²) in [6.45, 7) is 5.48. The number of rotatable bonds is 7. The Morgan fingerprint density at radius 2 is 2.00 bits per heavy atom. The van der Waals surface area contributed by atoms with Crippen LogP contribution in [0, 0.1) is 0 Å². The van der Waals surface area contributed by atoms with Gasteiger partial charge in [-0.3, -0.25) is 4.68 Å². The molecule has 0 fully saturated rings. The maximum Gasteiger partial charge on any atom is 0.161 e. The van der Waals surface area contributed by atoms with E-state index in [4.69, 9.17) is 21.1 Å². The van der Waals surface area contributed by atoms with E-state index in [9.17, 15) is 0 Å². The number of hydrogen-bond acceptors (Lipinski definition) is 3. The van der Waals surface area contributed by atoms with Crippen LogP contribution >= 0.6 is 11.6 Å².